The first-order chi connectivity index (χ1) is 6.59. The van der Waals surface area contributed by atoms with Gasteiger partial charge in [-0.25, -0.2) is 4.79 Å². The van der Waals surface area contributed by atoms with Crippen LogP contribution in [0.5, 0.6) is 5.75 Å². The van der Waals surface area contributed by atoms with Crippen molar-refractivity contribution in [2.75, 3.05) is 6.61 Å². The Morgan fingerprint density at radius 2 is 2.36 bits per heavy atom. The summed E-state index contributed by atoms with van der Waals surface area (Å²) in [5.41, 5.74) is 6.65. The molecule has 1 atom stereocenters. The van der Waals surface area contributed by atoms with Crippen LogP contribution < -0.4 is 10.5 Å². The van der Waals surface area contributed by atoms with Crippen molar-refractivity contribution in [3.05, 3.63) is 27.7 Å². The molecule has 0 spiro atoms. The van der Waals surface area contributed by atoms with Crippen LogP contribution in [0.3, 0.4) is 0 Å². The Morgan fingerprint density at radius 1 is 1.64 bits per heavy atom. The molecule has 1 aliphatic heterocycles. The number of hydrogen-bond acceptors (Lipinski definition) is 3. The van der Waals surface area contributed by atoms with Gasteiger partial charge in [-0.1, -0.05) is 15.9 Å². The van der Waals surface area contributed by atoms with Crippen molar-refractivity contribution in [3.8, 4) is 5.75 Å². The lowest BCUT2D eigenvalue weighted by Crippen LogP contribution is -2.10. The highest BCUT2D eigenvalue weighted by molar-refractivity contribution is 9.10. The molecule has 1 heterocycles. The van der Waals surface area contributed by atoms with E-state index in [1.165, 1.54) is 6.07 Å². The molecule has 1 aromatic rings. The van der Waals surface area contributed by atoms with Crippen molar-refractivity contribution in [1.29, 1.82) is 0 Å². The zero-order valence-corrected chi connectivity index (χ0v) is 8.74. The van der Waals surface area contributed by atoms with Crippen LogP contribution in [0.15, 0.2) is 16.6 Å². The van der Waals surface area contributed by atoms with Gasteiger partial charge in [-0.2, -0.15) is 0 Å². The van der Waals surface area contributed by atoms with E-state index in [-0.39, 0.29) is 11.6 Å². The molecule has 74 valence electrons. The second-order valence-corrected chi connectivity index (χ2v) is 4.01. The van der Waals surface area contributed by atoms with Crippen LogP contribution in [0.1, 0.15) is 22.0 Å². The summed E-state index contributed by atoms with van der Waals surface area (Å²) in [7, 11) is 0. The molecule has 0 radical (unpaired) electrons. The number of carboxylic acid groups (broad SMARTS) is 1. The van der Waals surface area contributed by atoms with Crippen LogP contribution in [-0.2, 0) is 0 Å². The molecule has 0 amide bonds. The highest BCUT2D eigenvalue weighted by Crippen LogP contribution is 2.36. The number of aromatic carboxylic acids is 1. The Bertz CT molecular complexity index is 405. The maximum absolute atomic E-state index is 10.9. The minimum atomic E-state index is -1.00. The van der Waals surface area contributed by atoms with Gasteiger partial charge in [0.25, 0.3) is 0 Å². The maximum Gasteiger partial charge on any atom is 0.339 e. The molecule has 0 saturated carbocycles. The summed E-state index contributed by atoms with van der Waals surface area (Å²) in [4.78, 5) is 10.9. The third-order valence-corrected chi connectivity index (χ3v) is 2.58. The Kier molecular flexibility index (Phi) is 2.20. The molecule has 1 aliphatic rings. The average molecular weight is 258 g/mol. The van der Waals surface area contributed by atoms with Crippen LogP contribution >= 0.6 is 15.9 Å². The number of nitrogens with two attached hydrogens (primary N) is 1. The standard InChI is InChI=1S/C9H8BrNO3/c10-4-1-5-7(11)3-14-8(5)6(2-4)9(12)13/h1-2,7H,3,11H2,(H,12,13)/t7-/m0/s1. The highest BCUT2D eigenvalue weighted by Gasteiger charge is 2.26. The summed E-state index contributed by atoms with van der Waals surface area (Å²) >= 11 is 3.24. The summed E-state index contributed by atoms with van der Waals surface area (Å²) < 4.78 is 5.93. The molecule has 2 rings (SSSR count). The molecular formula is C9H8BrNO3. The van der Waals surface area contributed by atoms with Crippen molar-refractivity contribution >= 4 is 21.9 Å². The molecule has 5 heteroatoms. The number of benzene rings is 1. The minimum Gasteiger partial charge on any atom is -0.490 e. The van der Waals surface area contributed by atoms with Crippen molar-refractivity contribution in [2.24, 2.45) is 5.73 Å². The first-order valence-corrected chi connectivity index (χ1v) is 4.84. The lowest BCUT2D eigenvalue weighted by molar-refractivity contribution is 0.0693. The molecule has 0 aromatic heterocycles. The Hall–Kier alpha value is -1.07. The Balaban J connectivity index is 2.63. The van der Waals surface area contributed by atoms with Gasteiger partial charge < -0.3 is 15.6 Å². The number of fused-ring (bicyclic) bond motifs is 1. The fourth-order valence-electron chi connectivity index (χ4n) is 1.47. The van der Waals surface area contributed by atoms with E-state index in [4.69, 9.17) is 15.6 Å². The SMILES string of the molecule is N[C@H]1COc2c(C(=O)O)cc(Br)cc21. The molecule has 1 aromatic carbocycles. The van der Waals surface area contributed by atoms with Gasteiger partial charge in [-0.05, 0) is 12.1 Å². The van der Waals surface area contributed by atoms with E-state index in [2.05, 4.69) is 15.9 Å². The van der Waals surface area contributed by atoms with Gasteiger partial charge in [0.2, 0.25) is 0 Å². The van der Waals surface area contributed by atoms with Crippen LogP contribution in [0.2, 0.25) is 0 Å². The average Bonchev–Trinajstić information content (AvgIpc) is 2.47. The molecule has 3 N–H and O–H groups in total. The van der Waals surface area contributed by atoms with Crippen molar-refractivity contribution in [2.45, 2.75) is 6.04 Å². The van der Waals surface area contributed by atoms with Crippen molar-refractivity contribution in [3.63, 3.8) is 0 Å². The van der Waals surface area contributed by atoms with Crippen molar-refractivity contribution in [1.82, 2.24) is 0 Å². The van der Waals surface area contributed by atoms with E-state index < -0.39 is 5.97 Å². The summed E-state index contributed by atoms with van der Waals surface area (Å²) in [5, 5.41) is 8.92. The molecule has 0 aliphatic carbocycles. The normalized spacial score (nSPS) is 18.9. The summed E-state index contributed by atoms with van der Waals surface area (Å²) in [6.45, 7) is 0.339. The number of hydrogen-bond donors (Lipinski definition) is 2. The lowest BCUT2D eigenvalue weighted by atomic mass is 10.1. The Labute approximate surface area is 88.8 Å². The van der Waals surface area contributed by atoms with E-state index in [0.717, 1.165) is 5.56 Å². The number of rotatable bonds is 1. The predicted molar refractivity (Wildman–Crippen MR) is 53.5 cm³/mol. The zero-order valence-electron chi connectivity index (χ0n) is 7.16. The first kappa shape index (κ1) is 9.48. The second-order valence-electron chi connectivity index (χ2n) is 3.09. The number of halogens is 1. The van der Waals surface area contributed by atoms with Crippen molar-refractivity contribution < 1.29 is 14.6 Å². The van der Waals surface area contributed by atoms with E-state index in [9.17, 15) is 4.79 Å². The van der Waals surface area contributed by atoms with E-state index >= 15 is 0 Å². The van der Waals surface area contributed by atoms with Gasteiger partial charge in [0, 0.05) is 10.0 Å². The topological polar surface area (TPSA) is 72.5 Å². The summed E-state index contributed by atoms with van der Waals surface area (Å²) in [6, 6.07) is 3.07. The maximum atomic E-state index is 10.9. The minimum absolute atomic E-state index is 0.155. The van der Waals surface area contributed by atoms with Gasteiger partial charge in [0.05, 0.1) is 6.04 Å². The third-order valence-electron chi connectivity index (χ3n) is 2.12. The van der Waals surface area contributed by atoms with Crippen LogP contribution in [-0.4, -0.2) is 17.7 Å². The molecule has 0 saturated heterocycles. The largest absolute Gasteiger partial charge is 0.490 e. The molecule has 4 nitrogen and oxygen atoms in total. The lowest BCUT2D eigenvalue weighted by Gasteiger charge is -2.05. The molecule has 0 bridgehead atoms. The fourth-order valence-corrected chi connectivity index (χ4v) is 1.95. The van der Waals surface area contributed by atoms with Crippen LogP contribution in [0, 0.1) is 0 Å². The summed E-state index contributed by atoms with van der Waals surface area (Å²) in [6.07, 6.45) is 0. The Morgan fingerprint density at radius 3 is 3.00 bits per heavy atom. The van der Waals surface area contributed by atoms with Gasteiger partial charge >= 0.3 is 5.97 Å². The fraction of sp³-hybridized carbons (Fsp3) is 0.222. The number of ether oxygens (including phenoxy) is 1. The van der Waals surface area contributed by atoms with E-state index in [1.54, 1.807) is 6.07 Å². The van der Waals surface area contributed by atoms with E-state index in [1.807, 2.05) is 0 Å². The quantitative estimate of drug-likeness (QED) is 0.801. The molecule has 14 heavy (non-hydrogen) atoms. The molecule has 0 unspecified atom stereocenters. The summed E-state index contributed by atoms with van der Waals surface area (Å²) in [5.74, 6) is -0.607. The first-order valence-electron chi connectivity index (χ1n) is 4.04. The van der Waals surface area contributed by atoms with Gasteiger partial charge in [-0.15, -0.1) is 0 Å². The molecular weight excluding hydrogens is 250 g/mol. The second kappa shape index (κ2) is 3.25. The van der Waals surface area contributed by atoms with Gasteiger partial charge in [0.1, 0.15) is 17.9 Å². The van der Waals surface area contributed by atoms with Gasteiger partial charge in [-0.3, -0.25) is 0 Å². The smallest absolute Gasteiger partial charge is 0.339 e. The molecule has 0 fully saturated rings. The predicted octanol–water partition coefficient (Wildman–Crippen LogP) is 1.54. The zero-order chi connectivity index (χ0) is 10.3. The van der Waals surface area contributed by atoms with E-state index in [0.29, 0.717) is 16.8 Å². The monoisotopic (exact) mass is 257 g/mol. The van der Waals surface area contributed by atoms with Crippen LogP contribution in [0.4, 0.5) is 0 Å². The number of carboxylic acids is 1. The third kappa shape index (κ3) is 1.38. The van der Waals surface area contributed by atoms with Crippen LogP contribution in [0.25, 0.3) is 0 Å². The van der Waals surface area contributed by atoms with Gasteiger partial charge in [0.15, 0.2) is 0 Å². The number of carbonyl (C=O) groups is 1. The highest BCUT2D eigenvalue weighted by atomic mass is 79.9.